The van der Waals surface area contributed by atoms with Crippen LogP contribution in [0.1, 0.15) is 11.3 Å². The number of pyridine rings is 1. The lowest BCUT2D eigenvalue weighted by Crippen LogP contribution is -2.24. The van der Waals surface area contributed by atoms with Crippen LogP contribution in [0.4, 0.5) is 0 Å². The molecule has 3 aromatic heterocycles. The van der Waals surface area contributed by atoms with Crippen molar-refractivity contribution in [3.05, 3.63) is 94.3 Å². The van der Waals surface area contributed by atoms with Gasteiger partial charge in [0.15, 0.2) is 0 Å². The highest BCUT2D eigenvalue weighted by atomic mass is 16.5. The van der Waals surface area contributed by atoms with Gasteiger partial charge in [-0.2, -0.15) is 10.2 Å². The highest BCUT2D eigenvalue weighted by Gasteiger charge is 2.17. The molecule has 164 valence electrons. The van der Waals surface area contributed by atoms with Gasteiger partial charge in [-0.15, -0.1) is 0 Å². The van der Waals surface area contributed by atoms with Crippen LogP contribution in [0.2, 0.25) is 0 Å². The Labute approximate surface area is 188 Å². The third-order valence-electron chi connectivity index (χ3n) is 4.67. The Kier molecular flexibility index (Phi) is 6.18. The number of furan rings is 1. The lowest BCUT2D eigenvalue weighted by Gasteiger charge is -2.11. The molecule has 1 N–H and O–H groups in total. The second-order valence-corrected chi connectivity index (χ2v) is 6.77. The number of hydrogen-bond donors (Lipinski definition) is 1. The zero-order valence-corrected chi connectivity index (χ0v) is 17.5. The second kappa shape index (κ2) is 9.53. The van der Waals surface area contributed by atoms with E-state index >= 15 is 0 Å². The Bertz CT molecular complexity index is 1410. The fourth-order valence-corrected chi connectivity index (χ4v) is 3.01. The fourth-order valence-electron chi connectivity index (χ4n) is 3.01. The van der Waals surface area contributed by atoms with E-state index in [-0.39, 0.29) is 23.6 Å². The molecule has 0 radical (unpaired) electrons. The average Bonchev–Trinajstić information content (AvgIpc) is 3.37. The number of fused-ring (bicyclic) bond motifs is 1. The number of methoxy groups -OCH3 is 1. The van der Waals surface area contributed by atoms with Gasteiger partial charge in [0.05, 0.1) is 19.9 Å². The number of rotatable bonds is 7. The van der Waals surface area contributed by atoms with Crippen LogP contribution in [0.5, 0.6) is 17.4 Å². The van der Waals surface area contributed by atoms with E-state index in [0.717, 1.165) is 0 Å². The second-order valence-electron chi connectivity index (χ2n) is 6.77. The maximum absolute atomic E-state index is 13.2. The van der Waals surface area contributed by atoms with E-state index in [0.29, 0.717) is 22.9 Å². The number of amides is 1. The molecule has 0 saturated carbocycles. The summed E-state index contributed by atoms with van der Waals surface area (Å²) in [4.78, 5) is 30.2. The highest BCUT2D eigenvalue weighted by molar-refractivity contribution is 6.01. The van der Waals surface area contributed by atoms with E-state index < -0.39 is 11.5 Å². The first-order valence-corrected chi connectivity index (χ1v) is 9.84. The van der Waals surface area contributed by atoms with Crippen LogP contribution in [0.25, 0.3) is 11.7 Å². The zero-order chi connectivity index (χ0) is 23.2. The Morgan fingerprint density at radius 2 is 1.97 bits per heavy atom. The van der Waals surface area contributed by atoms with Crippen molar-refractivity contribution in [2.45, 2.75) is 6.54 Å². The van der Waals surface area contributed by atoms with E-state index in [2.05, 4.69) is 10.3 Å². The first kappa shape index (κ1) is 21.4. The van der Waals surface area contributed by atoms with Crippen molar-refractivity contribution in [1.29, 1.82) is 5.26 Å². The molecule has 0 aliphatic rings. The molecule has 4 aromatic rings. The van der Waals surface area contributed by atoms with Crippen LogP contribution in [-0.4, -0.2) is 22.4 Å². The first-order chi connectivity index (χ1) is 16.1. The molecule has 0 bridgehead atoms. The van der Waals surface area contributed by atoms with Crippen molar-refractivity contribution in [2.24, 2.45) is 0 Å². The van der Waals surface area contributed by atoms with Gasteiger partial charge in [-0.1, -0.05) is 6.07 Å². The Hall–Kier alpha value is -4.84. The summed E-state index contributed by atoms with van der Waals surface area (Å²) in [5.41, 5.74) is -0.463. The summed E-state index contributed by atoms with van der Waals surface area (Å²) in [6.45, 7) is 0.0923. The van der Waals surface area contributed by atoms with Gasteiger partial charge in [-0.25, -0.2) is 0 Å². The molecule has 0 spiro atoms. The number of carbonyl (C=O) groups excluding carboxylic acids is 1. The largest absolute Gasteiger partial charge is 0.497 e. The lowest BCUT2D eigenvalue weighted by molar-refractivity contribution is -0.117. The predicted molar refractivity (Wildman–Crippen MR) is 119 cm³/mol. The van der Waals surface area contributed by atoms with Crippen molar-refractivity contribution in [3.63, 3.8) is 0 Å². The Balaban J connectivity index is 1.74. The van der Waals surface area contributed by atoms with Crippen LogP contribution < -0.4 is 20.3 Å². The summed E-state index contributed by atoms with van der Waals surface area (Å²) in [5, 5.41) is 12.2. The normalized spacial score (nSPS) is 11.1. The molecular formula is C24H18N4O5. The van der Waals surface area contributed by atoms with Crippen LogP contribution in [-0.2, 0) is 11.3 Å². The molecule has 1 aromatic carbocycles. The molecule has 0 fully saturated rings. The number of benzene rings is 1. The first-order valence-electron chi connectivity index (χ1n) is 9.84. The van der Waals surface area contributed by atoms with Gasteiger partial charge in [0.2, 0.25) is 5.88 Å². The number of nitrogens with one attached hydrogen (secondary N) is 1. The Morgan fingerprint density at radius 1 is 1.18 bits per heavy atom. The number of nitrogens with zero attached hydrogens (tertiary/aromatic N) is 3. The number of nitriles is 1. The maximum atomic E-state index is 13.2. The van der Waals surface area contributed by atoms with Gasteiger partial charge in [0.25, 0.3) is 11.5 Å². The molecular weight excluding hydrogens is 424 g/mol. The van der Waals surface area contributed by atoms with Crippen molar-refractivity contribution in [1.82, 2.24) is 14.7 Å². The molecule has 0 saturated heterocycles. The SMILES string of the molecule is COc1ccc(Oc2nc3ccccn3c(=O)c2/C=C(\C#N)C(=O)NCc2ccco2)cc1. The fraction of sp³-hybridized carbons (Fsp3) is 0.0833. The number of hydrogen-bond acceptors (Lipinski definition) is 7. The van der Waals surface area contributed by atoms with Gasteiger partial charge in [0.1, 0.15) is 40.1 Å². The van der Waals surface area contributed by atoms with E-state index in [1.54, 1.807) is 67.9 Å². The minimum absolute atomic E-state index is 0.0389. The molecule has 0 atom stereocenters. The van der Waals surface area contributed by atoms with Crippen LogP contribution in [0, 0.1) is 11.3 Å². The summed E-state index contributed by atoms with van der Waals surface area (Å²) >= 11 is 0. The molecule has 4 rings (SSSR count). The molecule has 9 heteroatoms. The van der Waals surface area contributed by atoms with E-state index in [9.17, 15) is 14.9 Å². The molecule has 0 aliphatic heterocycles. The van der Waals surface area contributed by atoms with Crippen LogP contribution in [0.3, 0.4) is 0 Å². The van der Waals surface area contributed by atoms with Gasteiger partial charge in [-0.05, 0) is 54.6 Å². The van der Waals surface area contributed by atoms with Gasteiger partial charge in [0, 0.05) is 6.20 Å². The van der Waals surface area contributed by atoms with E-state index in [1.807, 2.05) is 6.07 Å². The summed E-state index contributed by atoms with van der Waals surface area (Å²) in [7, 11) is 1.55. The molecule has 9 nitrogen and oxygen atoms in total. The molecule has 1 amide bonds. The quantitative estimate of drug-likeness (QED) is 0.344. The number of aromatic nitrogens is 2. The summed E-state index contributed by atoms with van der Waals surface area (Å²) in [6, 6.07) is 17.0. The lowest BCUT2D eigenvalue weighted by atomic mass is 10.1. The predicted octanol–water partition coefficient (Wildman–Crippen LogP) is 3.31. The minimum Gasteiger partial charge on any atom is -0.497 e. The number of carbonyl (C=O) groups is 1. The smallest absolute Gasteiger partial charge is 0.269 e. The standard InChI is InChI=1S/C24H18N4O5/c1-31-17-7-9-18(10-8-17)33-23-20(24(30)28-11-3-2-6-21(28)27-23)13-16(14-25)22(29)26-15-19-5-4-12-32-19/h2-13H,15H2,1H3,(H,26,29)/b16-13+. The molecule has 0 unspecified atom stereocenters. The van der Waals surface area contributed by atoms with Gasteiger partial charge >= 0.3 is 0 Å². The van der Waals surface area contributed by atoms with Crippen LogP contribution in [0.15, 0.2) is 81.8 Å². The zero-order valence-electron chi connectivity index (χ0n) is 17.5. The third kappa shape index (κ3) is 4.75. The minimum atomic E-state index is -0.665. The van der Waals surface area contributed by atoms with Crippen molar-refractivity contribution in [3.8, 4) is 23.4 Å². The topological polar surface area (TPSA) is 119 Å². The molecule has 3 heterocycles. The Morgan fingerprint density at radius 3 is 2.67 bits per heavy atom. The summed E-state index contributed by atoms with van der Waals surface area (Å²) in [5.74, 6) is 0.855. The van der Waals surface area contributed by atoms with Gasteiger partial charge in [-0.3, -0.25) is 14.0 Å². The van der Waals surface area contributed by atoms with E-state index in [4.69, 9.17) is 13.9 Å². The third-order valence-corrected chi connectivity index (χ3v) is 4.67. The maximum Gasteiger partial charge on any atom is 0.269 e. The molecule has 33 heavy (non-hydrogen) atoms. The van der Waals surface area contributed by atoms with Gasteiger partial charge < -0.3 is 19.2 Å². The van der Waals surface area contributed by atoms with E-state index in [1.165, 1.54) is 16.7 Å². The number of ether oxygens (including phenoxy) is 2. The van der Waals surface area contributed by atoms with Crippen molar-refractivity contribution >= 4 is 17.6 Å². The average molecular weight is 442 g/mol. The summed E-state index contributed by atoms with van der Waals surface area (Å²) in [6.07, 6.45) is 4.19. The van der Waals surface area contributed by atoms with Crippen LogP contribution >= 0.6 is 0 Å². The monoisotopic (exact) mass is 442 g/mol. The van der Waals surface area contributed by atoms with Crippen molar-refractivity contribution in [2.75, 3.05) is 7.11 Å². The highest BCUT2D eigenvalue weighted by Crippen LogP contribution is 2.25. The summed E-state index contributed by atoms with van der Waals surface area (Å²) < 4.78 is 17.5. The molecule has 0 aliphatic carbocycles. The van der Waals surface area contributed by atoms with Crippen molar-refractivity contribution < 1.29 is 18.7 Å².